The molecular formula is C24H22ClN3O5S2. The van der Waals surface area contributed by atoms with Crippen LogP contribution in [-0.4, -0.2) is 40.3 Å². The van der Waals surface area contributed by atoms with Crippen LogP contribution in [0.2, 0.25) is 5.02 Å². The lowest BCUT2D eigenvalue weighted by atomic mass is 10.1. The lowest BCUT2D eigenvalue weighted by Crippen LogP contribution is -2.41. The third kappa shape index (κ3) is 6.33. The van der Waals surface area contributed by atoms with E-state index in [9.17, 15) is 14.4 Å². The van der Waals surface area contributed by atoms with Gasteiger partial charge in [0.15, 0.2) is 11.5 Å². The Kier molecular flexibility index (Phi) is 8.27. The molecule has 1 fully saturated rings. The summed E-state index contributed by atoms with van der Waals surface area (Å²) in [7, 11) is 0. The zero-order chi connectivity index (χ0) is 24.8. The van der Waals surface area contributed by atoms with Gasteiger partial charge in [0.2, 0.25) is 12.7 Å². The Labute approximate surface area is 216 Å². The minimum absolute atomic E-state index is 0.127. The summed E-state index contributed by atoms with van der Waals surface area (Å²) >= 11 is 12.6. The second kappa shape index (κ2) is 11.6. The summed E-state index contributed by atoms with van der Waals surface area (Å²) in [4.78, 5) is 39.0. The van der Waals surface area contributed by atoms with E-state index in [1.165, 1.54) is 11.8 Å². The minimum Gasteiger partial charge on any atom is -0.454 e. The molecule has 2 N–H and O–H groups in total. The Morgan fingerprint density at radius 1 is 1.09 bits per heavy atom. The highest BCUT2D eigenvalue weighted by Crippen LogP contribution is 2.36. The van der Waals surface area contributed by atoms with Crippen molar-refractivity contribution in [2.45, 2.75) is 25.7 Å². The van der Waals surface area contributed by atoms with E-state index in [0.29, 0.717) is 45.1 Å². The van der Waals surface area contributed by atoms with Crippen molar-refractivity contribution >= 4 is 63.7 Å². The molecule has 2 aromatic carbocycles. The Morgan fingerprint density at radius 3 is 2.71 bits per heavy atom. The maximum Gasteiger partial charge on any atom is 0.271 e. The quantitative estimate of drug-likeness (QED) is 0.227. The van der Waals surface area contributed by atoms with E-state index >= 15 is 0 Å². The monoisotopic (exact) mass is 531 g/mol. The van der Waals surface area contributed by atoms with Crippen molar-refractivity contribution in [1.29, 1.82) is 0 Å². The Balaban J connectivity index is 1.17. The average Bonchev–Trinajstić information content (AvgIpc) is 3.41. The second-order valence-electron chi connectivity index (χ2n) is 7.74. The van der Waals surface area contributed by atoms with E-state index < -0.39 is 5.91 Å². The summed E-state index contributed by atoms with van der Waals surface area (Å²) in [6, 6.07) is 12.1. The Bertz CT molecular complexity index is 1200. The number of thiocarbonyl (C=S) groups is 1. The topological polar surface area (TPSA) is 97.0 Å². The number of carbonyl (C=O) groups excluding carboxylic acids is 3. The second-order valence-corrected chi connectivity index (χ2v) is 9.82. The standard InChI is InChI=1S/C24H22ClN3O5S2/c25-17-7-4-3-6-16(17)22(30)27-26-21(29)8-2-1-5-11-28-23(31)20(35-24(28)34)13-15-9-10-18-19(12-15)33-14-32-18/h3-4,6-7,9-10,12-13H,1-2,5,8,11,14H2,(H,26,29)(H,27,30). The van der Waals surface area contributed by atoms with Gasteiger partial charge in [-0.3, -0.25) is 30.1 Å². The highest BCUT2D eigenvalue weighted by molar-refractivity contribution is 8.26. The van der Waals surface area contributed by atoms with Crippen LogP contribution < -0.4 is 20.3 Å². The zero-order valence-electron chi connectivity index (χ0n) is 18.5. The summed E-state index contributed by atoms with van der Waals surface area (Å²) < 4.78 is 11.2. The number of nitrogens with zero attached hydrogens (tertiary/aromatic N) is 1. The lowest BCUT2D eigenvalue weighted by Gasteiger charge is -2.14. The average molecular weight is 532 g/mol. The van der Waals surface area contributed by atoms with Gasteiger partial charge in [0.25, 0.3) is 11.8 Å². The molecule has 35 heavy (non-hydrogen) atoms. The van der Waals surface area contributed by atoms with E-state index in [-0.39, 0.29) is 30.6 Å². The van der Waals surface area contributed by atoms with Crippen LogP contribution in [-0.2, 0) is 9.59 Å². The number of nitrogens with one attached hydrogen (secondary N) is 2. The Morgan fingerprint density at radius 2 is 1.89 bits per heavy atom. The van der Waals surface area contributed by atoms with Crippen molar-refractivity contribution in [3.8, 4) is 11.5 Å². The van der Waals surface area contributed by atoms with Gasteiger partial charge in [-0.15, -0.1) is 0 Å². The first-order valence-corrected chi connectivity index (χ1v) is 12.5. The van der Waals surface area contributed by atoms with Gasteiger partial charge in [-0.2, -0.15) is 0 Å². The highest BCUT2D eigenvalue weighted by Gasteiger charge is 2.31. The van der Waals surface area contributed by atoms with Crippen molar-refractivity contribution in [3.05, 3.63) is 63.5 Å². The fourth-order valence-corrected chi connectivity index (χ4v) is 5.01. The third-order valence-electron chi connectivity index (χ3n) is 5.29. The van der Waals surface area contributed by atoms with Gasteiger partial charge >= 0.3 is 0 Å². The molecule has 182 valence electrons. The number of amides is 3. The predicted octanol–water partition coefficient (Wildman–Crippen LogP) is 4.29. The molecule has 0 spiro atoms. The molecule has 2 aliphatic rings. The molecule has 0 aliphatic carbocycles. The zero-order valence-corrected chi connectivity index (χ0v) is 20.9. The molecule has 2 aromatic rings. The molecular weight excluding hydrogens is 510 g/mol. The number of carbonyl (C=O) groups is 3. The molecule has 0 atom stereocenters. The van der Waals surface area contributed by atoms with E-state index in [4.69, 9.17) is 33.3 Å². The number of hydrogen-bond acceptors (Lipinski definition) is 7. The third-order valence-corrected chi connectivity index (χ3v) is 6.99. The largest absolute Gasteiger partial charge is 0.454 e. The molecule has 0 unspecified atom stereocenters. The number of ether oxygens (including phenoxy) is 2. The summed E-state index contributed by atoms with van der Waals surface area (Å²) in [6.45, 7) is 0.674. The molecule has 4 rings (SSSR count). The fraction of sp³-hybridized carbons (Fsp3) is 0.250. The van der Waals surface area contributed by atoms with Crippen LogP contribution in [0.1, 0.15) is 41.6 Å². The van der Waals surface area contributed by atoms with Crippen LogP contribution in [0, 0.1) is 0 Å². The number of benzene rings is 2. The molecule has 0 aromatic heterocycles. The Hall–Kier alpha value is -3.08. The molecule has 8 nitrogen and oxygen atoms in total. The van der Waals surface area contributed by atoms with Crippen molar-refractivity contribution in [1.82, 2.24) is 15.8 Å². The summed E-state index contributed by atoms with van der Waals surface area (Å²) in [5, 5.41) is 0.306. The van der Waals surface area contributed by atoms with Gasteiger partial charge in [-0.05, 0) is 48.7 Å². The van der Waals surface area contributed by atoms with Gasteiger partial charge in [-0.25, -0.2) is 0 Å². The minimum atomic E-state index is -0.480. The molecule has 3 amide bonds. The molecule has 11 heteroatoms. The number of fused-ring (bicyclic) bond motifs is 1. The van der Waals surface area contributed by atoms with Crippen molar-refractivity contribution in [3.63, 3.8) is 0 Å². The normalized spacial score (nSPS) is 15.6. The van der Waals surface area contributed by atoms with Crippen LogP contribution in [0.4, 0.5) is 0 Å². The van der Waals surface area contributed by atoms with E-state index in [1.54, 1.807) is 35.2 Å². The van der Waals surface area contributed by atoms with E-state index in [1.807, 2.05) is 18.2 Å². The molecule has 0 saturated carbocycles. The summed E-state index contributed by atoms with van der Waals surface area (Å²) in [5.74, 6) is 0.431. The maximum atomic E-state index is 12.8. The smallest absolute Gasteiger partial charge is 0.271 e. The number of unbranched alkanes of at least 4 members (excludes halogenated alkanes) is 2. The molecule has 2 heterocycles. The molecule has 0 radical (unpaired) electrons. The number of halogens is 1. The molecule has 0 bridgehead atoms. The van der Waals surface area contributed by atoms with Crippen LogP contribution in [0.3, 0.4) is 0 Å². The fourth-order valence-electron chi connectivity index (χ4n) is 3.48. The SMILES string of the molecule is O=C(CCCCCN1C(=O)C(=Cc2ccc3c(c2)OCO3)SC1=S)NNC(=O)c1ccccc1Cl. The van der Waals surface area contributed by atoms with Crippen LogP contribution in [0.25, 0.3) is 6.08 Å². The van der Waals surface area contributed by atoms with Crippen LogP contribution >= 0.6 is 35.6 Å². The summed E-state index contributed by atoms with van der Waals surface area (Å²) in [5.41, 5.74) is 5.87. The van der Waals surface area contributed by atoms with Gasteiger partial charge in [0.1, 0.15) is 4.32 Å². The first kappa shape index (κ1) is 25.0. The predicted molar refractivity (Wildman–Crippen MR) is 138 cm³/mol. The first-order valence-electron chi connectivity index (χ1n) is 10.9. The summed E-state index contributed by atoms with van der Waals surface area (Å²) in [6.07, 6.45) is 4.07. The van der Waals surface area contributed by atoms with Gasteiger partial charge in [0.05, 0.1) is 15.5 Å². The number of hydrogen-bond donors (Lipinski definition) is 2. The van der Waals surface area contributed by atoms with Crippen molar-refractivity contribution < 1.29 is 23.9 Å². The van der Waals surface area contributed by atoms with Gasteiger partial charge in [-0.1, -0.05) is 60.2 Å². The first-order chi connectivity index (χ1) is 16.9. The van der Waals surface area contributed by atoms with Crippen molar-refractivity contribution in [2.75, 3.05) is 13.3 Å². The number of hydrazine groups is 1. The van der Waals surface area contributed by atoms with Crippen LogP contribution in [0.15, 0.2) is 47.4 Å². The number of thioether (sulfide) groups is 1. The van der Waals surface area contributed by atoms with Gasteiger partial charge < -0.3 is 9.47 Å². The van der Waals surface area contributed by atoms with Crippen molar-refractivity contribution in [2.24, 2.45) is 0 Å². The highest BCUT2D eigenvalue weighted by atomic mass is 35.5. The maximum absolute atomic E-state index is 12.8. The lowest BCUT2D eigenvalue weighted by molar-refractivity contribution is -0.123. The molecule has 1 saturated heterocycles. The van der Waals surface area contributed by atoms with E-state index in [2.05, 4.69) is 10.9 Å². The molecule has 2 aliphatic heterocycles. The van der Waals surface area contributed by atoms with Gasteiger partial charge in [0, 0.05) is 13.0 Å². The van der Waals surface area contributed by atoms with Crippen LogP contribution in [0.5, 0.6) is 11.5 Å². The number of rotatable bonds is 8. The van der Waals surface area contributed by atoms with E-state index in [0.717, 1.165) is 12.0 Å².